The highest BCUT2D eigenvalue weighted by molar-refractivity contribution is 6.23. The minimum Gasteiger partial charge on any atom is -0.377 e. The second-order valence-electron chi connectivity index (χ2n) is 7.29. The van der Waals surface area contributed by atoms with Gasteiger partial charge in [0.15, 0.2) is 0 Å². The number of nitrogens with two attached hydrogens (primary N) is 1. The number of imide groups is 2. The lowest BCUT2D eigenvalue weighted by atomic mass is 9.99. The number of ether oxygens (including phenoxy) is 1. The van der Waals surface area contributed by atoms with Crippen LogP contribution in [0.1, 0.15) is 39.1 Å². The van der Waals surface area contributed by atoms with Crippen LogP contribution in [0.5, 0.6) is 0 Å². The molecular formula is C18H20N4O5. The van der Waals surface area contributed by atoms with Crippen LogP contribution in [0.15, 0.2) is 18.2 Å². The zero-order chi connectivity index (χ0) is 19.2. The number of rotatable bonds is 5. The summed E-state index contributed by atoms with van der Waals surface area (Å²) in [6.45, 7) is 2.10. The molecule has 3 heterocycles. The first-order valence-corrected chi connectivity index (χ1v) is 8.80. The second-order valence-corrected chi connectivity index (χ2v) is 7.29. The van der Waals surface area contributed by atoms with Crippen LogP contribution in [0.2, 0.25) is 0 Å². The second kappa shape index (κ2) is 6.52. The third-order valence-electron chi connectivity index (χ3n) is 5.09. The van der Waals surface area contributed by atoms with Crippen LogP contribution >= 0.6 is 0 Å². The van der Waals surface area contributed by atoms with Crippen molar-refractivity contribution in [3.05, 3.63) is 34.9 Å². The van der Waals surface area contributed by atoms with Crippen molar-refractivity contribution in [3.8, 4) is 0 Å². The van der Waals surface area contributed by atoms with Gasteiger partial charge in [-0.2, -0.15) is 0 Å². The van der Waals surface area contributed by atoms with E-state index in [-0.39, 0.29) is 29.5 Å². The van der Waals surface area contributed by atoms with Crippen molar-refractivity contribution in [3.63, 3.8) is 0 Å². The largest absolute Gasteiger partial charge is 0.377 e. The average Bonchev–Trinajstić information content (AvgIpc) is 2.85. The van der Waals surface area contributed by atoms with Crippen LogP contribution in [-0.4, -0.2) is 59.9 Å². The van der Waals surface area contributed by atoms with E-state index < -0.39 is 29.7 Å². The standard InChI is InChI=1S/C18H20N4O5/c19-18(8-27-9-18)7-20-6-10-1-2-11-12(5-10)17(26)22(16(11)25)13-3-4-14(23)21-15(13)24/h1-2,5,13,20H,3-4,6-9,19H2,(H,21,23,24). The van der Waals surface area contributed by atoms with E-state index in [9.17, 15) is 19.2 Å². The van der Waals surface area contributed by atoms with Gasteiger partial charge in [0.25, 0.3) is 11.8 Å². The van der Waals surface area contributed by atoms with E-state index in [2.05, 4.69) is 10.6 Å². The van der Waals surface area contributed by atoms with Gasteiger partial charge in [-0.3, -0.25) is 29.4 Å². The van der Waals surface area contributed by atoms with E-state index in [1.807, 2.05) is 0 Å². The molecule has 0 aliphatic carbocycles. The summed E-state index contributed by atoms with van der Waals surface area (Å²) in [5.74, 6) is -2.01. The first-order chi connectivity index (χ1) is 12.9. The molecule has 9 heteroatoms. The van der Waals surface area contributed by atoms with Crippen molar-refractivity contribution >= 4 is 23.6 Å². The van der Waals surface area contributed by atoms with Crippen LogP contribution < -0.4 is 16.4 Å². The number of amides is 4. The van der Waals surface area contributed by atoms with Crippen LogP contribution in [0.25, 0.3) is 0 Å². The fourth-order valence-corrected chi connectivity index (χ4v) is 3.55. The van der Waals surface area contributed by atoms with Crippen molar-refractivity contribution in [1.82, 2.24) is 15.5 Å². The molecule has 4 N–H and O–H groups in total. The third kappa shape index (κ3) is 3.14. The summed E-state index contributed by atoms with van der Waals surface area (Å²) in [5, 5.41) is 5.41. The number of hydrogen-bond donors (Lipinski definition) is 3. The predicted octanol–water partition coefficient (Wildman–Crippen LogP) is -1.09. The Bertz CT molecular complexity index is 848. The molecule has 0 saturated carbocycles. The highest BCUT2D eigenvalue weighted by Gasteiger charge is 2.44. The summed E-state index contributed by atoms with van der Waals surface area (Å²) in [5.41, 5.74) is 7.10. The summed E-state index contributed by atoms with van der Waals surface area (Å²) in [4.78, 5) is 49.7. The van der Waals surface area contributed by atoms with Crippen molar-refractivity contribution < 1.29 is 23.9 Å². The molecule has 9 nitrogen and oxygen atoms in total. The molecule has 1 atom stereocenters. The minimum absolute atomic E-state index is 0.101. The molecule has 2 saturated heterocycles. The number of benzene rings is 1. The van der Waals surface area contributed by atoms with Gasteiger partial charge >= 0.3 is 0 Å². The van der Waals surface area contributed by atoms with Crippen molar-refractivity contribution in [1.29, 1.82) is 0 Å². The van der Waals surface area contributed by atoms with E-state index in [4.69, 9.17) is 10.5 Å². The Morgan fingerprint density at radius 1 is 1.19 bits per heavy atom. The predicted molar refractivity (Wildman–Crippen MR) is 92.6 cm³/mol. The number of fused-ring (bicyclic) bond motifs is 1. The van der Waals surface area contributed by atoms with E-state index in [1.165, 1.54) is 0 Å². The van der Waals surface area contributed by atoms with Crippen LogP contribution in [-0.2, 0) is 20.9 Å². The maximum absolute atomic E-state index is 12.8. The number of carbonyl (C=O) groups excluding carboxylic acids is 4. The monoisotopic (exact) mass is 372 g/mol. The van der Waals surface area contributed by atoms with Gasteiger partial charge < -0.3 is 15.8 Å². The van der Waals surface area contributed by atoms with Crippen molar-refractivity contribution in [2.75, 3.05) is 19.8 Å². The minimum atomic E-state index is -0.951. The van der Waals surface area contributed by atoms with Gasteiger partial charge in [-0.15, -0.1) is 0 Å². The molecule has 0 radical (unpaired) electrons. The molecule has 3 aliphatic heterocycles. The third-order valence-corrected chi connectivity index (χ3v) is 5.09. The van der Waals surface area contributed by atoms with Crippen LogP contribution in [0.4, 0.5) is 0 Å². The molecule has 27 heavy (non-hydrogen) atoms. The average molecular weight is 372 g/mol. The summed E-state index contributed by atoms with van der Waals surface area (Å²) in [7, 11) is 0. The number of nitrogens with zero attached hydrogens (tertiary/aromatic N) is 1. The maximum atomic E-state index is 12.8. The van der Waals surface area contributed by atoms with Crippen LogP contribution in [0.3, 0.4) is 0 Å². The fourth-order valence-electron chi connectivity index (χ4n) is 3.55. The maximum Gasteiger partial charge on any atom is 0.262 e. The molecule has 1 aromatic carbocycles. The summed E-state index contributed by atoms with van der Waals surface area (Å²) in [6.07, 6.45) is 0.245. The molecule has 3 aliphatic rings. The molecule has 4 rings (SSSR count). The first-order valence-electron chi connectivity index (χ1n) is 8.80. The summed E-state index contributed by atoms with van der Waals surface area (Å²) >= 11 is 0. The SMILES string of the molecule is NC1(CNCc2ccc3c(c2)C(=O)N(C2CCC(=O)NC2=O)C3=O)COC1. The molecule has 4 amide bonds. The van der Waals surface area contributed by atoms with E-state index in [1.54, 1.807) is 18.2 Å². The van der Waals surface area contributed by atoms with Gasteiger partial charge in [0.1, 0.15) is 6.04 Å². The Morgan fingerprint density at radius 3 is 2.59 bits per heavy atom. The number of nitrogens with one attached hydrogen (secondary N) is 2. The first kappa shape index (κ1) is 17.8. The Hall–Kier alpha value is -2.62. The lowest BCUT2D eigenvalue weighted by Gasteiger charge is -2.37. The van der Waals surface area contributed by atoms with Gasteiger partial charge in [0.2, 0.25) is 11.8 Å². The van der Waals surface area contributed by atoms with E-state index >= 15 is 0 Å². The van der Waals surface area contributed by atoms with Crippen molar-refractivity contribution in [2.24, 2.45) is 5.73 Å². The summed E-state index contributed by atoms with van der Waals surface area (Å²) < 4.78 is 5.11. The van der Waals surface area contributed by atoms with E-state index in [0.29, 0.717) is 26.3 Å². The van der Waals surface area contributed by atoms with Gasteiger partial charge in [-0.1, -0.05) is 6.07 Å². The fraction of sp³-hybridized carbons (Fsp3) is 0.444. The number of carbonyl (C=O) groups is 4. The quantitative estimate of drug-likeness (QED) is 0.560. The van der Waals surface area contributed by atoms with Crippen LogP contribution in [0, 0.1) is 0 Å². The van der Waals surface area contributed by atoms with Crippen molar-refractivity contribution in [2.45, 2.75) is 31.0 Å². The summed E-state index contributed by atoms with van der Waals surface area (Å²) in [6, 6.07) is 4.08. The number of piperidine rings is 1. The molecule has 0 aromatic heterocycles. The van der Waals surface area contributed by atoms with Gasteiger partial charge in [-0.25, -0.2) is 0 Å². The lowest BCUT2D eigenvalue weighted by molar-refractivity contribution is -0.136. The van der Waals surface area contributed by atoms with Gasteiger partial charge in [0, 0.05) is 19.5 Å². The number of hydrogen-bond acceptors (Lipinski definition) is 7. The Labute approximate surface area is 155 Å². The highest BCUT2D eigenvalue weighted by atomic mass is 16.5. The highest BCUT2D eigenvalue weighted by Crippen LogP contribution is 2.28. The van der Waals surface area contributed by atoms with Gasteiger partial charge in [0.05, 0.1) is 29.9 Å². The molecule has 0 spiro atoms. The van der Waals surface area contributed by atoms with E-state index in [0.717, 1.165) is 10.5 Å². The topological polar surface area (TPSA) is 131 Å². The Balaban J connectivity index is 1.48. The molecule has 1 unspecified atom stereocenters. The normalized spacial score (nSPS) is 23.9. The molecule has 0 bridgehead atoms. The lowest BCUT2D eigenvalue weighted by Crippen LogP contribution is -2.62. The molecule has 1 aromatic rings. The Kier molecular flexibility index (Phi) is 4.29. The molecular weight excluding hydrogens is 352 g/mol. The zero-order valence-corrected chi connectivity index (χ0v) is 14.6. The van der Waals surface area contributed by atoms with Gasteiger partial charge in [-0.05, 0) is 24.1 Å². The molecule has 2 fully saturated rings. The zero-order valence-electron chi connectivity index (χ0n) is 14.6. The smallest absolute Gasteiger partial charge is 0.262 e. The Morgan fingerprint density at radius 2 is 1.93 bits per heavy atom. The molecule has 142 valence electrons.